The minimum atomic E-state index is -0.386. The maximum absolute atomic E-state index is 12.1. The lowest BCUT2D eigenvalue weighted by atomic mass is 9.94. The van der Waals surface area contributed by atoms with Gasteiger partial charge in [-0.3, -0.25) is 14.3 Å². The zero-order chi connectivity index (χ0) is 13.3. The van der Waals surface area contributed by atoms with Crippen molar-refractivity contribution in [2.24, 2.45) is 0 Å². The van der Waals surface area contributed by atoms with Crippen LogP contribution in [0.25, 0.3) is 0 Å². The first-order valence-corrected chi connectivity index (χ1v) is 7.75. The van der Waals surface area contributed by atoms with Gasteiger partial charge in [0.15, 0.2) is 0 Å². The Morgan fingerprint density at radius 3 is 2.44 bits per heavy atom. The molecule has 2 rings (SSSR count). The van der Waals surface area contributed by atoms with E-state index in [1.807, 2.05) is 11.8 Å². The summed E-state index contributed by atoms with van der Waals surface area (Å²) in [4.78, 5) is 26.5. The zero-order valence-electron chi connectivity index (χ0n) is 10.5. The Bertz CT molecular complexity index is 544. The maximum Gasteiger partial charge on any atom is 0.329 e. The van der Waals surface area contributed by atoms with Crippen LogP contribution in [0.1, 0.15) is 37.3 Å². The number of H-pyrrole nitrogens is 1. The van der Waals surface area contributed by atoms with Crippen molar-refractivity contribution in [1.29, 1.82) is 0 Å². The number of aromatic nitrogens is 2. The van der Waals surface area contributed by atoms with Crippen molar-refractivity contribution in [2.45, 2.75) is 43.9 Å². The molecule has 0 aromatic carbocycles. The molecular formula is C12H17ClN2O2S. The van der Waals surface area contributed by atoms with Gasteiger partial charge in [0.05, 0.1) is 0 Å². The second kappa shape index (κ2) is 5.53. The van der Waals surface area contributed by atoms with Crippen molar-refractivity contribution in [3.63, 3.8) is 0 Å². The Balaban J connectivity index is 2.33. The van der Waals surface area contributed by atoms with E-state index in [4.69, 9.17) is 11.6 Å². The maximum atomic E-state index is 12.1. The van der Waals surface area contributed by atoms with Gasteiger partial charge in [-0.05, 0) is 38.9 Å². The van der Waals surface area contributed by atoms with Crippen LogP contribution in [0.2, 0.25) is 5.15 Å². The van der Waals surface area contributed by atoms with Gasteiger partial charge < -0.3 is 0 Å². The predicted octanol–water partition coefficient (Wildman–Crippen LogP) is 2.35. The van der Waals surface area contributed by atoms with Crippen LogP contribution >= 0.6 is 23.4 Å². The fourth-order valence-corrected chi connectivity index (χ4v) is 3.39. The summed E-state index contributed by atoms with van der Waals surface area (Å²) in [5.74, 6) is 0. The minimum Gasteiger partial charge on any atom is -0.297 e. The molecule has 0 atom stereocenters. The summed E-state index contributed by atoms with van der Waals surface area (Å²) in [6.07, 6.45) is 5.99. The van der Waals surface area contributed by atoms with Gasteiger partial charge in [-0.15, -0.1) is 0 Å². The van der Waals surface area contributed by atoms with Crippen molar-refractivity contribution in [2.75, 3.05) is 6.26 Å². The molecule has 0 aliphatic heterocycles. The molecule has 1 saturated carbocycles. The number of thioether (sulfide) groups is 1. The van der Waals surface area contributed by atoms with Crippen molar-refractivity contribution in [1.82, 2.24) is 9.55 Å². The normalized spacial score (nSPS) is 24.2. The molecular weight excluding hydrogens is 272 g/mol. The summed E-state index contributed by atoms with van der Waals surface area (Å²) in [6.45, 7) is 1.64. The highest BCUT2D eigenvalue weighted by molar-refractivity contribution is 7.99. The van der Waals surface area contributed by atoms with Gasteiger partial charge in [-0.25, -0.2) is 4.79 Å². The van der Waals surface area contributed by atoms with E-state index in [0.29, 0.717) is 10.8 Å². The van der Waals surface area contributed by atoms with E-state index < -0.39 is 0 Å². The molecule has 0 bridgehead atoms. The largest absolute Gasteiger partial charge is 0.329 e. The van der Waals surface area contributed by atoms with E-state index in [-0.39, 0.29) is 22.4 Å². The lowest BCUT2D eigenvalue weighted by Crippen LogP contribution is -2.40. The minimum absolute atomic E-state index is 0.0145. The topological polar surface area (TPSA) is 54.9 Å². The smallest absolute Gasteiger partial charge is 0.297 e. The summed E-state index contributed by atoms with van der Waals surface area (Å²) in [7, 11) is 0. The highest BCUT2D eigenvalue weighted by atomic mass is 35.5. The van der Waals surface area contributed by atoms with Crippen molar-refractivity contribution < 1.29 is 0 Å². The van der Waals surface area contributed by atoms with Gasteiger partial charge in [-0.2, -0.15) is 11.8 Å². The molecule has 1 N–H and O–H groups in total. The lowest BCUT2D eigenvalue weighted by molar-refractivity contribution is 0.341. The SMILES string of the molecule is CSC1CCC(n2c(=O)[nH]c(Cl)c(C)c2=O)CC1. The van der Waals surface area contributed by atoms with Crippen LogP contribution in [0.5, 0.6) is 0 Å². The van der Waals surface area contributed by atoms with Gasteiger partial charge in [0.25, 0.3) is 5.56 Å². The number of hydrogen-bond donors (Lipinski definition) is 1. The number of aromatic amines is 1. The highest BCUT2D eigenvalue weighted by Crippen LogP contribution is 2.32. The van der Waals surface area contributed by atoms with E-state index in [1.165, 1.54) is 4.57 Å². The van der Waals surface area contributed by atoms with E-state index in [9.17, 15) is 9.59 Å². The molecule has 1 aliphatic carbocycles. The Labute approximate surface area is 115 Å². The number of rotatable bonds is 2. The fraction of sp³-hybridized carbons (Fsp3) is 0.667. The number of nitrogens with zero attached hydrogens (tertiary/aromatic N) is 1. The van der Waals surface area contributed by atoms with E-state index in [2.05, 4.69) is 11.2 Å². The Hall–Kier alpha value is -0.680. The van der Waals surface area contributed by atoms with Crippen LogP contribution in [0.4, 0.5) is 0 Å². The molecule has 1 aromatic heterocycles. The fourth-order valence-electron chi connectivity index (χ4n) is 2.49. The van der Waals surface area contributed by atoms with Crippen LogP contribution < -0.4 is 11.2 Å². The first-order valence-electron chi connectivity index (χ1n) is 6.08. The molecule has 6 heteroatoms. The van der Waals surface area contributed by atoms with Gasteiger partial charge in [0.2, 0.25) is 0 Å². The first kappa shape index (κ1) is 13.7. The Kier molecular flexibility index (Phi) is 4.22. The molecule has 4 nitrogen and oxygen atoms in total. The molecule has 0 unspecified atom stereocenters. The van der Waals surface area contributed by atoms with Gasteiger partial charge in [0, 0.05) is 16.9 Å². The number of halogens is 1. The number of nitrogens with one attached hydrogen (secondary N) is 1. The van der Waals surface area contributed by atoms with Gasteiger partial charge in [-0.1, -0.05) is 11.6 Å². The molecule has 18 heavy (non-hydrogen) atoms. The van der Waals surface area contributed by atoms with Crippen molar-refractivity contribution in [3.8, 4) is 0 Å². The quantitative estimate of drug-likeness (QED) is 0.850. The molecule has 0 saturated heterocycles. The summed E-state index contributed by atoms with van der Waals surface area (Å²) in [5.41, 5.74) is -0.220. The van der Waals surface area contributed by atoms with Crippen LogP contribution in [0, 0.1) is 6.92 Å². The van der Waals surface area contributed by atoms with Crippen LogP contribution in [0.3, 0.4) is 0 Å². The van der Waals surface area contributed by atoms with Gasteiger partial charge >= 0.3 is 5.69 Å². The van der Waals surface area contributed by atoms with Crippen molar-refractivity contribution in [3.05, 3.63) is 31.6 Å². The monoisotopic (exact) mass is 288 g/mol. The molecule has 1 fully saturated rings. The van der Waals surface area contributed by atoms with E-state index in [0.717, 1.165) is 25.7 Å². The molecule has 1 heterocycles. The van der Waals surface area contributed by atoms with E-state index in [1.54, 1.807) is 6.92 Å². The highest BCUT2D eigenvalue weighted by Gasteiger charge is 2.24. The molecule has 0 spiro atoms. The zero-order valence-corrected chi connectivity index (χ0v) is 12.1. The summed E-state index contributed by atoms with van der Waals surface area (Å²) < 4.78 is 1.34. The van der Waals surface area contributed by atoms with Crippen LogP contribution in [0.15, 0.2) is 9.59 Å². The van der Waals surface area contributed by atoms with Crippen molar-refractivity contribution >= 4 is 23.4 Å². The second-order valence-corrected chi connectivity index (χ2v) is 6.23. The van der Waals surface area contributed by atoms with E-state index >= 15 is 0 Å². The summed E-state index contributed by atoms with van der Waals surface area (Å²) in [5, 5.41) is 0.809. The average molecular weight is 289 g/mol. The Morgan fingerprint density at radius 2 is 1.89 bits per heavy atom. The summed E-state index contributed by atoms with van der Waals surface area (Å²) >= 11 is 7.67. The molecule has 1 aromatic rings. The molecule has 1 aliphatic rings. The Morgan fingerprint density at radius 1 is 1.28 bits per heavy atom. The molecule has 0 radical (unpaired) electrons. The predicted molar refractivity (Wildman–Crippen MR) is 75.9 cm³/mol. The third-order valence-electron chi connectivity index (χ3n) is 3.65. The second-order valence-electron chi connectivity index (χ2n) is 4.71. The summed E-state index contributed by atoms with van der Waals surface area (Å²) in [6, 6.07) is 0.0145. The molecule has 100 valence electrons. The van der Waals surface area contributed by atoms with Crippen LogP contribution in [-0.2, 0) is 0 Å². The van der Waals surface area contributed by atoms with Gasteiger partial charge in [0.1, 0.15) is 5.15 Å². The van der Waals surface area contributed by atoms with Crippen LogP contribution in [-0.4, -0.2) is 21.1 Å². The third kappa shape index (κ3) is 2.52. The lowest BCUT2D eigenvalue weighted by Gasteiger charge is -2.28. The number of hydrogen-bond acceptors (Lipinski definition) is 3. The average Bonchev–Trinajstić information content (AvgIpc) is 2.37. The molecule has 0 amide bonds. The third-order valence-corrected chi connectivity index (χ3v) is 5.16. The first-order chi connectivity index (χ1) is 8.54. The standard InChI is InChI=1S/C12H17ClN2O2S/c1-7-10(13)14-12(17)15(11(7)16)8-3-5-9(18-2)6-4-8/h8-9H,3-6H2,1-2H3,(H,14,17).